The van der Waals surface area contributed by atoms with Crippen LogP contribution < -0.4 is 15.5 Å². The summed E-state index contributed by atoms with van der Waals surface area (Å²) >= 11 is 0. The highest BCUT2D eigenvalue weighted by Gasteiger charge is 2.23. The first-order valence-corrected chi connectivity index (χ1v) is 11.4. The van der Waals surface area contributed by atoms with Gasteiger partial charge in [0, 0.05) is 55.5 Å². The molecule has 1 aromatic heterocycles. The Morgan fingerprint density at radius 3 is 2.44 bits per heavy atom. The Hall–Kier alpha value is -3.88. The number of benzene rings is 2. The number of hydrogen-bond donors (Lipinski definition) is 2. The van der Waals surface area contributed by atoms with E-state index in [0.29, 0.717) is 5.56 Å². The third-order valence-electron chi connectivity index (χ3n) is 6.09. The number of non-ortho nitro benzene ring substituents is 1. The number of nitrogens with zero attached hydrogens (tertiary/aromatic N) is 3. The maximum absolute atomic E-state index is 12.2. The van der Waals surface area contributed by atoms with Gasteiger partial charge in [0.1, 0.15) is 12.4 Å². The third-order valence-corrected chi connectivity index (χ3v) is 6.09. The van der Waals surface area contributed by atoms with Gasteiger partial charge >= 0.3 is 6.09 Å². The van der Waals surface area contributed by atoms with Gasteiger partial charge in [0.05, 0.1) is 10.4 Å². The smallest absolute Gasteiger partial charge is 0.407 e. The molecule has 1 amide bonds. The Labute approximate surface area is 198 Å². The lowest BCUT2D eigenvalue weighted by atomic mass is 9.91. The van der Waals surface area contributed by atoms with Crippen molar-refractivity contribution < 1.29 is 14.5 Å². The zero-order valence-electron chi connectivity index (χ0n) is 19.4. The van der Waals surface area contributed by atoms with E-state index in [1.54, 1.807) is 12.1 Å². The molecule has 1 aliphatic carbocycles. The SMILES string of the molecule is CN(C)c1cc(NC2CCC(NC(=O)OCc3ccc([N+](=O)[O-])cc3)CC2)nc2ccccc12. The predicted molar refractivity (Wildman–Crippen MR) is 132 cm³/mol. The number of fused-ring (bicyclic) bond motifs is 1. The minimum Gasteiger partial charge on any atom is -0.445 e. The highest BCUT2D eigenvalue weighted by atomic mass is 16.6. The summed E-state index contributed by atoms with van der Waals surface area (Å²) in [5.41, 5.74) is 2.80. The number of nitro groups is 1. The normalized spacial score (nSPS) is 17.7. The van der Waals surface area contributed by atoms with Crippen LogP contribution in [-0.2, 0) is 11.3 Å². The van der Waals surface area contributed by atoms with Crippen LogP contribution in [0.1, 0.15) is 31.2 Å². The summed E-state index contributed by atoms with van der Waals surface area (Å²) in [5, 5.41) is 18.3. The Kier molecular flexibility index (Phi) is 7.10. The Bertz CT molecular complexity index is 1160. The summed E-state index contributed by atoms with van der Waals surface area (Å²) < 4.78 is 5.28. The maximum atomic E-state index is 12.2. The lowest BCUT2D eigenvalue weighted by Crippen LogP contribution is -2.40. The first-order valence-electron chi connectivity index (χ1n) is 11.4. The van der Waals surface area contributed by atoms with Crippen molar-refractivity contribution in [3.8, 4) is 0 Å². The number of nitro benzene ring substituents is 1. The molecular weight excluding hydrogens is 434 g/mol. The molecule has 0 radical (unpaired) electrons. The minimum atomic E-state index is -0.471. The third kappa shape index (κ3) is 5.72. The highest BCUT2D eigenvalue weighted by Crippen LogP contribution is 2.29. The summed E-state index contributed by atoms with van der Waals surface area (Å²) in [6.45, 7) is 0.0720. The van der Waals surface area contributed by atoms with Crippen LogP contribution in [-0.4, -0.2) is 42.2 Å². The van der Waals surface area contributed by atoms with Gasteiger partial charge in [0.2, 0.25) is 0 Å². The Balaban J connectivity index is 1.26. The van der Waals surface area contributed by atoms with E-state index in [-0.39, 0.29) is 24.4 Å². The largest absolute Gasteiger partial charge is 0.445 e. The van der Waals surface area contributed by atoms with E-state index in [0.717, 1.165) is 48.1 Å². The van der Waals surface area contributed by atoms with Crippen molar-refractivity contribution in [1.82, 2.24) is 10.3 Å². The summed E-state index contributed by atoms with van der Waals surface area (Å²) in [7, 11) is 4.06. The molecule has 0 unspecified atom stereocenters. The first kappa shape index (κ1) is 23.3. The molecule has 2 aromatic carbocycles. The van der Waals surface area contributed by atoms with E-state index < -0.39 is 11.0 Å². The quantitative estimate of drug-likeness (QED) is 0.380. The maximum Gasteiger partial charge on any atom is 0.407 e. The monoisotopic (exact) mass is 463 g/mol. The van der Waals surface area contributed by atoms with E-state index in [4.69, 9.17) is 9.72 Å². The molecular formula is C25H29N5O4. The second kappa shape index (κ2) is 10.4. The summed E-state index contributed by atoms with van der Waals surface area (Å²) in [6.07, 6.45) is 3.05. The van der Waals surface area contributed by atoms with E-state index in [1.807, 2.05) is 32.3 Å². The van der Waals surface area contributed by atoms with Crippen LogP contribution in [0.4, 0.5) is 22.0 Å². The van der Waals surface area contributed by atoms with Gasteiger partial charge in [0.15, 0.2) is 0 Å². The second-order valence-corrected chi connectivity index (χ2v) is 8.78. The van der Waals surface area contributed by atoms with Gasteiger partial charge in [-0.25, -0.2) is 9.78 Å². The molecule has 0 atom stereocenters. The molecule has 1 saturated carbocycles. The van der Waals surface area contributed by atoms with E-state index in [1.165, 1.54) is 12.1 Å². The molecule has 1 aliphatic rings. The topological polar surface area (TPSA) is 110 Å². The molecule has 1 fully saturated rings. The van der Waals surface area contributed by atoms with Crippen molar-refractivity contribution in [3.05, 3.63) is 70.3 Å². The molecule has 0 bridgehead atoms. The molecule has 3 aromatic rings. The van der Waals surface area contributed by atoms with E-state index >= 15 is 0 Å². The molecule has 0 aliphatic heterocycles. The fourth-order valence-corrected chi connectivity index (χ4v) is 4.26. The summed E-state index contributed by atoms with van der Waals surface area (Å²) in [4.78, 5) is 29.3. The molecule has 0 saturated heterocycles. The number of amides is 1. The van der Waals surface area contributed by atoms with Gasteiger partial charge in [-0.05, 0) is 49.4 Å². The van der Waals surface area contributed by atoms with Gasteiger partial charge in [-0.15, -0.1) is 0 Å². The molecule has 9 heteroatoms. The highest BCUT2D eigenvalue weighted by molar-refractivity contribution is 5.93. The summed E-state index contributed by atoms with van der Waals surface area (Å²) in [6, 6.07) is 16.5. The van der Waals surface area contributed by atoms with Crippen molar-refractivity contribution in [2.75, 3.05) is 24.3 Å². The van der Waals surface area contributed by atoms with Crippen molar-refractivity contribution in [2.24, 2.45) is 0 Å². The Morgan fingerprint density at radius 2 is 1.76 bits per heavy atom. The number of pyridine rings is 1. The van der Waals surface area contributed by atoms with Gasteiger partial charge in [-0.3, -0.25) is 10.1 Å². The molecule has 34 heavy (non-hydrogen) atoms. The molecule has 4 rings (SSSR count). The number of carbonyl (C=O) groups is 1. The Morgan fingerprint density at radius 1 is 1.09 bits per heavy atom. The van der Waals surface area contributed by atoms with Crippen molar-refractivity contribution in [2.45, 2.75) is 44.4 Å². The van der Waals surface area contributed by atoms with Crippen molar-refractivity contribution >= 4 is 34.2 Å². The van der Waals surface area contributed by atoms with Crippen LogP contribution in [0.25, 0.3) is 10.9 Å². The molecule has 9 nitrogen and oxygen atoms in total. The average Bonchev–Trinajstić information content (AvgIpc) is 2.83. The van der Waals surface area contributed by atoms with Crippen LogP contribution in [0.3, 0.4) is 0 Å². The fourth-order valence-electron chi connectivity index (χ4n) is 4.26. The average molecular weight is 464 g/mol. The standard InChI is InChI=1S/C25H29N5O4/c1-29(2)23-15-24(28-22-6-4-3-5-21(22)23)26-18-9-11-19(12-10-18)27-25(31)34-16-17-7-13-20(14-8-17)30(32)33/h3-8,13-15,18-19H,9-12,16H2,1-2H3,(H,26,28)(H,27,31). The number of carbonyl (C=O) groups excluding carboxylic acids is 1. The van der Waals surface area contributed by atoms with Crippen LogP contribution in [0.15, 0.2) is 54.6 Å². The lowest BCUT2D eigenvalue weighted by molar-refractivity contribution is -0.384. The number of aromatic nitrogens is 1. The van der Waals surface area contributed by atoms with Gasteiger partial charge in [-0.1, -0.05) is 18.2 Å². The van der Waals surface area contributed by atoms with Gasteiger partial charge in [0.25, 0.3) is 5.69 Å². The van der Waals surface area contributed by atoms with Crippen molar-refractivity contribution in [3.63, 3.8) is 0 Å². The molecule has 2 N–H and O–H groups in total. The van der Waals surface area contributed by atoms with Crippen LogP contribution in [0, 0.1) is 10.1 Å². The minimum absolute atomic E-state index is 0.00963. The van der Waals surface area contributed by atoms with Crippen LogP contribution in [0.2, 0.25) is 0 Å². The van der Waals surface area contributed by atoms with E-state index in [2.05, 4.69) is 27.7 Å². The summed E-state index contributed by atoms with van der Waals surface area (Å²) in [5.74, 6) is 0.862. The van der Waals surface area contributed by atoms with Crippen LogP contribution >= 0.6 is 0 Å². The van der Waals surface area contributed by atoms with Crippen LogP contribution in [0.5, 0.6) is 0 Å². The van der Waals surface area contributed by atoms with Crippen molar-refractivity contribution in [1.29, 1.82) is 0 Å². The van der Waals surface area contributed by atoms with Gasteiger partial charge in [-0.2, -0.15) is 0 Å². The number of anilines is 2. The molecule has 0 spiro atoms. The number of rotatable bonds is 7. The second-order valence-electron chi connectivity index (χ2n) is 8.78. The first-order chi connectivity index (χ1) is 16.4. The number of para-hydroxylation sites is 1. The predicted octanol–water partition coefficient (Wildman–Crippen LogP) is 4.86. The van der Waals surface area contributed by atoms with E-state index in [9.17, 15) is 14.9 Å². The zero-order chi connectivity index (χ0) is 24.1. The molecule has 1 heterocycles. The fraction of sp³-hybridized carbons (Fsp3) is 0.360. The number of ether oxygens (including phenoxy) is 1. The number of alkyl carbamates (subject to hydrolysis) is 1. The number of nitrogens with one attached hydrogen (secondary N) is 2. The van der Waals surface area contributed by atoms with Gasteiger partial charge < -0.3 is 20.3 Å². The lowest BCUT2D eigenvalue weighted by Gasteiger charge is -2.30. The number of hydrogen-bond acceptors (Lipinski definition) is 7. The molecule has 178 valence electrons. The zero-order valence-corrected chi connectivity index (χ0v) is 19.4.